The fourth-order valence-corrected chi connectivity index (χ4v) is 1.98. The largest absolute Gasteiger partial charge is 0.375 e. The molecule has 0 aliphatic carbocycles. The van der Waals surface area contributed by atoms with Gasteiger partial charge in [0.2, 0.25) is 0 Å². The minimum absolute atomic E-state index is 0.0832. The summed E-state index contributed by atoms with van der Waals surface area (Å²) >= 11 is 0. The van der Waals surface area contributed by atoms with Gasteiger partial charge in [-0.05, 0) is 26.0 Å². The van der Waals surface area contributed by atoms with Crippen molar-refractivity contribution in [2.24, 2.45) is 0 Å². The highest BCUT2D eigenvalue weighted by atomic mass is 16.5. The van der Waals surface area contributed by atoms with E-state index in [9.17, 15) is 0 Å². The molecule has 2 heteroatoms. The quantitative estimate of drug-likeness (QED) is 0.760. The highest BCUT2D eigenvalue weighted by molar-refractivity contribution is 5.19. The van der Waals surface area contributed by atoms with Crippen LogP contribution in [0, 0.1) is 11.8 Å². The number of rotatable bonds is 6. The Kier molecular flexibility index (Phi) is 6.39. The van der Waals surface area contributed by atoms with Gasteiger partial charge in [-0.25, -0.2) is 0 Å². The van der Waals surface area contributed by atoms with Crippen molar-refractivity contribution >= 4 is 0 Å². The summed E-state index contributed by atoms with van der Waals surface area (Å²) in [5.74, 6) is 6.02. The van der Waals surface area contributed by atoms with Crippen LogP contribution < -0.4 is 5.32 Å². The third kappa shape index (κ3) is 4.22. The molecule has 0 aromatic heterocycles. The molecule has 1 rings (SSSR count). The molecule has 0 bridgehead atoms. The molecule has 0 spiro atoms. The van der Waals surface area contributed by atoms with Gasteiger partial charge in [0.15, 0.2) is 0 Å². The smallest absolute Gasteiger partial charge is 0.0974 e. The van der Waals surface area contributed by atoms with E-state index in [2.05, 4.69) is 29.3 Å². The molecule has 0 amide bonds. The Morgan fingerprint density at radius 2 is 2.00 bits per heavy atom. The van der Waals surface area contributed by atoms with E-state index in [1.54, 1.807) is 7.11 Å². The Bertz CT molecular complexity index is 364. The van der Waals surface area contributed by atoms with E-state index >= 15 is 0 Å². The number of likely N-dealkylation sites (N-methyl/N-ethyl adjacent to an activating group) is 1. The number of methoxy groups -OCH3 is 1. The SMILES string of the molecule is CC#CCCC(NC)C(OC)c1ccccc1. The molecule has 0 aliphatic rings. The van der Waals surface area contributed by atoms with Crippen molar-refractivity contribution in [2.75, 3.05) is 14.2 Å². The standard InChI is InChI=1S/C15H21NO/c1-4-5-7-12-14(16-2)15(17-3)13-10-8-6-9-11-13/h6,8-11,14-16H,7,12H2,1-3H3. The van der Waals surface area contributed by atoms with Gasteiger partial charge in [-0.15, -0.1) is 11.8 Å². The Morgan fingerprint density at radius 3 is 2.53 bits per heavy atom. The molecule has 1 aromatic carbocycles. The Balaban J connectivity index is 2.72. The molecule has 2 nitrogen and oxygen atoms in total. The van der Waals surface area contributed by atoms with Gasteiger partial charge in [0, 0.05) is 19.6 Å². The monoisotopic (exact) mass is 231 g/mol. The molecule has 2 unspecified atom stereocenters. The first kappa shape index (κ1) is 13.8. The van der Waals surface area contributed by atoms with Gasteiger partial charge in [-0.1, -0.05) is 30.3 Å². The fourth-order valence-electron chi connectivity index (χ4n) is 1.98. The van der Waals surface area contributed by atoms with Crippen LogP contribution in [0.15, 0.2) is 30.3 Å². The summed E-state index contributed by atoms with van der Waals surface area (Å²) in [6.07, 6.45) is 1.97. The molecule has 17 heavy (non-hydrogen) atoms. The van der Waals surface area contributed by atoms with E-state index in [0.717, 1.165) is 12.8 Å². The van der Waals surface area contributed by atoms with E-state index in [4.69, 9.17) is 4.74 Å². The second-order valence-electron chi connectivity index (χ2n) is 3.93. The van der Waals surface area contributed by atoms with E-state index in [0.29, 0.717) is 6.04 Å². The molecule has 0 aliphatic heterocycles. The summed E-state index contributed by atoms with van der Waals surface area (Å²) in [6, 6.07) is 10.6. The summed E-state index contributed by atoms with van der Waals surface area (Å²) in [6.45, 7) is 1.87. The molecule has 0 radical (unpaired) electrons. The van der Waals surface area contributed by atoms with E-state index < -0.39 is 0 Å². The van der Waals surface area contributed by atoms with Gasteiger partial charge in [-0.2, -0.15) is 0 Å². The van der Waals surface area contributed by atoms with Crippen LogP contribution in [0.4, 0.5) is 0 Å². The zero-order valence-corrected chi connectivity index (χ0v) is 10.9. The molecule has 0 heterocycles. The van der Waals surface area contributed by atoms with Gasteiger partial charge in [0.25, 0.3) is 0 Å². The maximum atomic E-state index is 5.61. The number of nitrogens with one attached hydrogen (secondary N) is 1. The van der Waals surface area contributed by atoms with Crippen LogP contribution in [0.25, 0.3) is 0 Å². The molecule has 0 saturated heterocycles. The lowest BCUT2D eigenvalue weighted by Gasteiger charge is -2.25. The average Bonchev–Trinajstić information content (AvgIpc) is 2.39. The zero-order valence-electron chi connectivity index (χ0n) is 10.9. The lowest BCUT2D eigenvalue weighted by atomic mass is 9.98. The van der Waals surface area contributed by atoms with Crippen LogP contribution in [0.1, 0.15) is 31.4 Å². The summed E-state index contributed by atoms with van der Waals surface area (Å²) in [5.41, 5.74) is 1.21. The molecule has 0 saturated carbocycles. The van der Waals surface area contributed by atoms with Crippen molar-refractivity contribution in [3.05, 3.63) is 35.9 Å². The fraction of sp³-hybridized carbons (Fsp3) is 0.467. The minimum atomic E-state index is 0.0832. The van der Waals surface area contributed by atoms with Crippen LogP contribution in [0.3, 0.4) is 0 Å². The third-order valence-electron chi connectivity index (χ3n) is 2.88. The van der Waals surface area contributed by atoms with Crippen molar-refractivity contribution < 1.29 is 4.74 Å². The first-order chi connectivity index (χ1) is 8.33. The second kappa shape index (κ2) is 7.89. The first-order valence-corrected chi connectivity index (χ1v) is 5.98. The first-order valence-electron chi connectivity index (χ1n) is 5.98. The number of hydrogen-bond acceptors (Lipinski definition) is 2. The van der Waals surface area contributed by atoms with Gasteiger partial charge in [0.05, 0.1) is 6.10 Å². The van der Waals surface area contributed by atoms with Gasteiger partial charge >= 0.3 is 0 Å². The number of hydrogen-bond donors (Lipinski definition) is 1. The van der Waals surface area contributed by atoms with Crippen LogP contribution in [-0.2, 0) is 4.74 Å². The lowest BCUT2D eigenvalue weighted by molar-refractivity contribution is 0.0680. The highest BCUT2D eigenvalue weighted by Gasteiger charge is 2.20. The van der Waals surface area contributed by atoms with Crippen molar-refractivity contribution in [1.82, 2.24) is 5.32 Å². The third-order valence-corrected chi connectivity index (χ3v) is 2.88. The second-order valence-corrected chi connectivity index (χ2v) is 3.93. The maximum absolute atomic E-state index is 5.61. The zero-order chi connectivity index (χ0) is 12.5. The van der Waals surface area contributed by atoms with Crippen LogP contribution >= 0.6 is 0 Å². The van der Waals surface area contributed by atoms with E-state index in [1.165, 1.54) is 5.56 Å². The molecule has 1 N–H and O–H groups in total. The molecule has 2 atom stereocenters. The van der Waals surface area contributed by atoms with E-state index in [-0.39, 0.29) is 6.10 Å². The average molecular weight is 231 g/mol. The Labute approximate surface area is 104 Å². The summed E-state index contributed by atoms with van der Waals surface area (Å²) in [7, 11) is 3.73. The van der Waals surface area contributed by atoms with E-state index in [1.807, 2.05) is 32.2 Å². The molecule has 92 valence electrons. The Morgan fingerprint density at radius 1 is 1.29 bits per heavy atom. The van der Waals surface area contributed by atoms with Crippen LogP contribution in [0.2, 0.25) is 0 Å². The summed E-state index contributed by atoms with van der Waals surface area (Å²) < 4.78 is 5.61. The van der Waals surface area contributed by atoms with Gasteiger partial charge in [-0.3, -0.25) is 0 Å². The van der Waals surface area contributed by atoms with Crippen LogP contribution in [0.5, 0.6) is 0 Å². The summed E-state index contributed by atoms with van der Waals surface area (Å²) in [4.78, 5) is 0. The van der Waals surface area contributed by atoms with Crippen molar-refractivity contribution in [3.8, 4) is 11.8 Å². The topological polar surface area (TPSA) is 21.3 Å². The van der Waals surface area contributed by atoms with Crippen molar-refractivity contribution in [1.29, 1.82) is 0 Å². The maximum Gasteiger partial charge on any atom is 0.0974 e. The van der Waals surface area contributed by atoms with Gasteiger partial charge < -0.3 is 10.1 Å². The molecular formula is C15H21NO. The predicted octanol–water partition coefficient (Wildman–Crippen LogP) is 2.77. The van der Waals surface area contributed by atoms with Crippen molar-refractivity contribution in [3.63, 3.8) is 0 Å². The highest BCUT2D eigenvalue weighted by Crippen LogP contribution is 2.22. The number of ether oxygens (including phenoxy) is 1. The van der Waals surface area contributed by atoms with Gasteiger partial charge in [0.1, 0.15) is 0 Å². The number of benzene rings is 1. The summed E-state index contributed by atoms with van der Waals surface area (Å²) in [5, 5.41) is 3.32. The predicted molar refractivity (Wildman–Crippen MR) is 71.7 cm³/mol. The molecular weight excluding hydrogens is 210 g/mol. The minimum Gasteiger partial charge on any atom is -0.375 e. The molecule has 0 fully saturated rings. The van der Waals surface area contributed by atoms with Crippen LogP contribution in [-0.4, -0.2) is 20.2 Å². The normalized spacial score (nSPS) is 13.6. The molecule has 1 aromatic rings. The van der Waals surface area contributed by atoms with Crippen molar-refractivity contribution in [2.45, 2.75) is 31.9 Å². The Hall–Kier alpha value is -1.30. The lowest BCUT2D eigenvalue weighted by Crippen LogP contribution is -2.33.